The van der Waals surface area contributed by atoms with E-state index in [0.29, 0.717) is 12.1 Å². The molecule has 4 aromatic carbocycles. The molecule has 0 radical (unpaired) electrons. The van der Waals surface area contributed by atoms with Crippen LogP contribution in [0.3, 0.4) is 0 Å². The summed E-state index contributed by atoms with van der Waals surface area (Å²) in [6.45, 7) is 2.32. The second-order valence-corrected chi connectivity index (χ2v) is 23.8. The normalized spacial score (nSPS) is 37.4. The van der Waals surface area contributed by atoms with Crippen LogP contribution in [-0.4, -0.2) is 36.5 Å². The van der Waals surface area contributed by atoms with Gasteiger partial charge < -0.3 is 41.0 Å². The Morgan fingerprint density at radius 2 is 1.02 bits per heavy atom. The van der Waals surface area contributed by atoms with Crippen LogP contribution in [0.2, 0.25) is 0 Å². The van der Waals surface area contributed by atoms with Crippen molar-refractivity contribution in [2.45, 2.75) is 125 Å². The quantitative estimate of drug-likeness (QED) is 0.0997. The fraction of sp³-hybridized carbons (Fsp3) is 0.577. The van der Waals surface area contributed by atoms with Crippen LogP contribution in [0, 0.1) is 47.3 Å². The fourth-order valence-electron chi connectivity index (χ4n) is 15.5. The first kappa shape index (κ1) is 39.6. The summed E-state index contributed by atoms with van der Waals surface area (Å²) < 4.78 is 0. The second-order valence-electron chi connectivity index (χ2n) is 20.3. The van der Waals surface area contributed by atoms with Crippen molar-refractivity contribution in [1.29, 1.82) is 0 Å². The number of benzene rings is 2. The summed E-state index contributed by atoms with van der Waals surface area (Å²) in [5.41, 5.74) is 11.5. The Bertz CT molecular complexity index is 1780. The van der Waals surface area contributed by atoms with E-state index in [1.54, 1.807) is 80.9 Å². The van der Waals surface area contributed by atoms with Gasteiger partial charge in [0.1, 0.15) is 0 Å². The van der Waals surface area contributed by atoms with Crippen molar-refractivity contribution in [3.05, 3.63) is 108 Å². The average molecular weight is 837 g/mol. The summed E-state index contributed by atoms with van der Waals surface area (Å²) >= 11 is 0. The van der Waals surface area contributed by atoms with Crippen molar-refractivity contribution in [2.24, 2.45) is 47.3 Å². The standard InChI is InChI=1S/C47H61N2P2.C5H5.Fe/c50-47(42-13-7-15-48-42,43-14-8-16-49-43)41-27-39(33-9-3-1-4-10-33)44(34-11-5-2-6-12-34)40(41)28-51(45-35-19-29-17-30(21-35)22-36(45)20-29)46-37-23-31-18-32(25-37)26-38(46)24-31;1-2-4-5-3-1;/h1-6,9-12,27,29-32,35-38,42-43,45-46,48-49H,7-8,13-26,28,50H2;1-5H;/q-1;-5;. The average Bonchev–Trinajstić information content (AvgIpc) is 4.07. The van der Waals surface area contributed by atoms with Gasteiger partial charge in [0.15, 0.2) is 0 Å². The van der Waals surface area contributed by atoms with E-state index in [2.05, 4.69) is 86.6 Å². The van der Waals surface area contributed by atoms with E-state index in [9.17, 15) is 0 Å². The molecule has 57 heavy (non-hydrogen) atoms. The molecule has 8 aliphatic carbocycles. The molecular formula is C52H66FeN2P2-6. The van der Waals surface area contributed by atoms with E-state index in [-0.39, 0.29) is 30.1 Å². The molecule has 14 rings (SSSR count). The molecule has 0 spiro atoms. The smallest absolute Gasteiger partial charge is 0.0109 e. The van der Waals surface area contributed by atoms with Crippen LogP contribution in [0.15, 0.2) is 97.1 Å². The zero-order chi connectivity index (χ0) is 37.2. The zero-order valence-corrected chi connectivity index (χ0v) is 37.2. The van der Waals surface area contributed by atoms with E-state index in [1.807, 2.05) is 30.3 Å². The fourth-order valence-corrected chi connectivity index (χ4v) is 21.0. The molecule has 3 atom stereocenters. The summed E-state index contributed by atoms with van der Waals surface area (Å²) in [5.74, 6) is 8.30. The van der Waals surface area contributed by atoms with Gasteiger partial charge in [-0.25, -0.2) is 0 Å². The Balaban J connectivity index is 0.000000616. The van der Waals surface area contributed by atoms with Crippen molar-refractivity contribution in [3.63, 3.8) is 0 Å². The predicted octanol–water partition coefficient (Wildman–Crippen LogP) is 12.3. The molecule has 8 saturated carbocycles. The largest absolute Gasteiger partial charge is 0.748 e. The predicted molar refractivity (Wildman–Crippen MR) is 241 cm³/mol. The van der Waals surface area contributed by atoms with Crippen LogP contribution in [0.4, 0.5) is 0 Å². The third-order valence-electron chi connectivity index (χ3n) is 17.1. The van der Waals surface area contributed by atoms with Gasteiger partial charge in [0.05, 0.1) is 0 Å². The minimum Gasteiger partial charge on any atom is -0.748 e. The van der Waals surface area contributed by atoms with Crippen LogP contribution in [-0.2, 0) is 28.4 Å². The van der Waals surface area contributed by atoms with E-state index in [0.717, 1.165) is 71.8 Å². The Kier molecular flexibility index (Phi) is 11.6. The minimum absolute atomic E-state index is 0. The van der Waals surface area contributed by atoms with Crippen LogP contribution in [0.5, 0.6) is 0 Å². The van der Waals surface area contributed by atoms with Crippen LogP contribution in [0.25, 0.3) is 22.3 Å². The Morgan fingerprint density at radius 1 is 0.596 bits per heavy atom. The Hall–Kier alpha value is -1.56. The van der Waals surface area contributed by atoms with Crippen LogP contribution < -0.4 is 10.6 Å². The first-order valence-electron chi connectivity index (χ1n) is 23.2. The number of hydrogen-bond acceptors (Lipinski definition) is 2. The number of hydrogen-bond donors (Lipinski definition) is 2. The van der Waals surface area contributed by atoms with E-state index >= 15 is 0 Å². The molecule has 2 nitrogen and oxygen atoms in total. The summed E-state index contributed by atoms with van der Waals surface area (Å²) in [6, 6.07) is 37.1. The first-order valence-corrected chi connectivity index (χ1v) is 25.5. The maximum atomic E-state index is 4.12. The molecule has 2 N–H and O–H groups in total. The van der Waals surface area contributed by atoms with E-state index in [4.69, 9.17) is 0 Å². The van der Waals surface area contributed by atoms with Gasteiger partial charge in [0.25, 0.3) is 0 Å². The minimum atomic E-state index is -0.137. The number of rotatable bonds is 9. The maximum absolute atomic E-state index is 4.12. The zero-order valence-electron chi connectivity index (χ0n) is 34.1. The summed E-state index contributed by atoms with van der Waals surface area (Å²) in [4.78, 5) is 0. The Labute approximate surface area is 358 Å². The van der Waals surface area contributed by atoms with Gasteiger partial charge in [-0.2, -0.15) is 22.8 Å². The summed E-state index contributed by atoms with van der Waals surface area (Å²) in [6.07, 6.45) is 22.3. The molecular weight excluding hydrogens is 770 g/mol. The van der Waals surface area contributed by atoms with Gasteiger partial charge in [0.2, 0.25) is 0 Å². The van der Waals surface area contributed by atoms with Gasteiger partial charge in [-0.05, 0) is 173 Å². The van der Waals surface area contributed by atoms with Gasteiger partial charge in [-0.3, -0.25) is 0 Å². The third kappa shape index (κ3) is 7.28. The molecule has 2 aliphatic heterocycles. The van der Waals surface area contributed by atoms with Crippen molar-refractivity contribution in [3.8, 4) is 22.3 Å². The first-order chi connectivity index (χ1) is 27.6. The maximum Gasteiger partial charge on any atom is 0.0109 e. The van der Waals surface area contributed by atoms with Crippen LogP contribution in [0.1, 0.15) is 101 Å². The van der Waals surface area contributed by atoms with Crippen LogP contribution >= 0.6 is 17.2 Å². The summed E-state index contributed by atoms with van der Waals surface area (Å²) in [5, 5.41) is 8.23. The van der Waals surface area contributed by atoms with Gasteiger partial charge in [-0.1, -0.05) is 79.7 Å². The van der Waals surface area contributed by atoms with Gasteiger partial charge >= 0.3 is 0 Å². The second kappa shape index (κ2) is 16.7. The molecule has 2 saturated heterocycles. The Morgan fingerprint density at radius 3 is 1.42 bits per heavy atom. The van der Waals surface area contributed by atoms with Crippen molar-refractivity contribution in [1.82, 2.24) is 10.6 Å². The topological polar surface area (TPSA) is 24.1 Å². The number of nitrogens with one attached hydrogen (secondary N) is 2. The molecule has 10 fully saturated rings. The monoisotopic (exact) mass is 836 g/mol. The third-order valence-corrected chi connectivity index (χ3v) is 22.1. The molecule has 5 heteroatoms. The van der Waals surface area contributed by atoms with Crippen molar-refractivity contribution in [2.75, 3.05) is 13.1 Å². The molecule has 0 aromatic heterocycles. The van der Waals surface area contributed by atoms with Crippen molar-refractivity contribution >= 4 is 17.2 Å². The molecule has 10 aliphatic rings. The molecule has 308 valence electrons. The molecule has 0 amide bonds. The van der Waals surface area contributed by atoms with Gasteiger partial charge in [0, 0.05) is 29.2 Å². The van der Waals surface area contributed by atoms with Gasteiger partial charge in [-0.15, -0.1) is 14.8 Å². The molecule has 8 bridgehead atoms. The molecule has 4 aromatic rings. The SMILES string of the molecule is PC([c-]1cc(-c2ccccc2)c(-c2ccccc2)c1CP(C1C2CC3CC(C2)CC1C3)C1C2CC3CC(C2)CC1C3)(C1CCCN1)C1CCCN1.[Fe].[cH-]1[cH-][cH-][cH-][cH-]1. The van der Waals surface area contributed by atoms with E-state index < -0.39 is 0 Å². The van der Waals surface area contributed by atoms with Crippen molar-refractivity contribution < 1.29 is 17.1 Å². The molecule has 2 heterocycles. The van der Waals surface area contributed by atoms with E-state index in [1.165, 1.54) is 48.5 Å². The summed E-state index contributed by atoms with van der Waals surface area (Å²) in [7, 11) is 3.50. The molecule has 3 unspecified atom stereocenters.